The van der Waals surface area contributed by atoms with Crippen LogP contribution < -0.4 is 16.0 Å². The van der Waals surface area contributed by atoms with E-state index in [-0.39, 0.29) is 5.75 Å². The number of anilines is 2. The summed E-state index contributed by atoms with van der Waals surface area (Å²) >= 11 is 2.23. The molecular weight excluding hydrogens is 403 g/mol. The zero-order chi connectivity index (χ0) is 20.0. The van der Waals surface area contributed by atoms with Gasteiger partial charge in [-0.05, 0) is 37.1 Å². The highest BCUT2D eigenvalue weighted by Crippen LogP contribution is 2.28. The van der Waals surface area contributed by atoms with Gasteiger partial charge in [0, 0.05) is 5.69 Å². The molecule has 0 bridgehead atoms. The van der Waals surface area contributed by atoms with Gasteiger partial charge >= 0.3 is 12.2 Å². The molecule has 0 fully saturated rings. The van der Waals surface area contributed by atoms with E-state index in [1.54, 1.807) is 5.32 Å². The summed E-state index contributed by atoms with van der Waals surface area (Å²) in [6.07, 6.45) is -4.54. The molecule has 1 aromatic heterocycles. The van der Waals surface area contributed by atoms with E-state index >= 15 is 0 Å². The van der Waals surface area contributed by atoms with Crippen LogP contribution in [-0.4, -0.2) is 40.6 Å². The number of rotatable bonds is 6. The van der Waals surface area contributed by atoms with Gasteiger partial charge in [-0.15, -0.1) is 10.2 Å². The molecule has 0 saturated carbocycles. The first-order chi connectivity index (χ1) is 12.6. The molecule has 3 amide bonds. The number of carbonyl (C=O) groups excluding carboxylic acids is 2. The Morgan fingerprint density at radius 1 is 1.19 bits per heavy atom. The fourth-order valence-corrected chi connectivity index (χ4v) is 3.35. The number of benzene rings is 1. The molecule has 0 aliphatic carbocycles. The third kappa shape index (κ3) is 7.43. The molecule has 1 aromatic carbocycles. The third-order valence-corrected chi connectivity index (χ3v) is 5.17. The maximum absolute atomic E-state index is 12.0. The first kappa shape index (κ1) is 21.0. The number of amides is 3. The highest BCUT2D eigenvalue weighted by atomic mass is 32.2. The Kier molecular flexibility index (Phi) is 7.02. The van der Waals surface area contributed by atoms with Crippen molar-refractivity contribution in [1.29, 1.82) is 0 Å². The number of aromatic nitrogens is 2. The minimum absolute atomic E-state index is 0.183. The predicted octanol–water partition coefficient (Wildman–Crippen LogP) is 3.38. The number of urea groups is 1. The molecule has 3 N–H and O–H groups in total. The number of halogens is 3. The van der Waals surface area contributed by atoms with Gasteiger partial charge in [0.05, 0.1) is 5.75 Å². The fraction of sp³-hybridized carbons (Fsp3) is 0.333. The molecule has 27 heavy (non-hydrogen) atoms. The Morgan fingerprint density at radius 3 is 2.59 bits per heavy atom. The zero-order valence-corrected chi connectivity index (χ0v) is 15.9. The van der Waals surface area contributed by atoms with Crippen molar-refractivity contribution in [3.8, 4) is 0 Å². The second-order valence-corrected chi connectivity index (χ2v) is 7.63. The second-order valence-electron chi connectivity index (χ2n) is 5.43. The van der Waals surface area contributed by atoms with Crippen molar-refractivity contribution in [2.75, 3.05) is 17.6 Å². The number of alkyl halides is 3. The van der Waals surface area contributed by atoms with Gasteiger partial charge < -0.3 is 10.6 Å². The maximum atomic E-state index is 12.0. The van der Waals surface area contributed by atoms with E-state index in [0.29, 0.717) is 9.47 Å². The van der Waals surface area contributed by atoms with E-state index in [1.165, 1.54) is 16.9 Å². The molecule has 0 spiro atoms. The van der Waals surface area contributed by atoms with Gasteiger partial charge in [-0.1, -0.05) is 29.2 Å². The van der Waals surface area contributed by atoms with E-state index in [2.05, 4.69) is 15.5 Å². The van der Waals surface area contributed by atoms with Crippen LogP contribution in [0.2, 0.25) is 0 Å². The summed E-state index contributed by atoms with van der Waals surface area (Å²) in [7, 11) is 0. The second kappa shape index (κ2) is 9.04. The molecule has 0 aliphatic rings. The molecule has 12 heteroatoms. The molecule has 146 valence electrons. The summed E-state index contributed by atoms with van der Waals surface area (Å²) in [6.45, 7) is 2.49. The largest absolute Gasteiger partial charge is 0.405 e. The van der Waals surface area contributed by atoms with E-state index in [4.69, 9.17) is 0 Å². The number of thioether (sulfide) groups is 1. The van der Waals surface area contributed by atoms with Gasteiger partial charge in [0.1, 0.15) is 6.54 Å². The van der Waals surface area contributed by atoms with Crippen LogP contribution in [0.4, 0.5) is 28.8 Å². The lowest BCUT2D eigenvalue weighted by Crippen LogP contribution is -2.43. The topological polar surface area (TPSA) is 96.0 Å². The highest BCUT2D eigenvalue weighted by molar-refractivity contribution is 8.01. The SMILES string of the molecule is Cc1ccc(Nc2nnc(SCC(=O)NC(=O)NCC(F)(F)F)s2)cc1C. The zero-order valence-electron chi connectivity index (χ0n) is 14.3. The van der Waals surface area contributed by atoms with Crippen molar-refractivity contribution >= 4 is 45.9 Å². The van der Waals surface area contributed by atoms with Crippen LogP contribution in [-0.2, 0) is 4.79 Å². The van der Waals surface area contributed by atoms with Crippen LogP contribution in [0.5, 0.6) is 0 Å². The Morgan fingerprint density at radius 2 is 1.93 bits per heavy atom. The van der Waals surface area contributed by atoms with Crippen LogP contribution in [0, 0.1) is 13.8 Å². The Hall–Kier alpha value is -2.34. The van der Waals surface area contributed by atoms with Crippen LogP contribution in [0.25, 0.3) is 0 Å². The minimum atomic E-state index is -4.54. The van der Waals surface area contributed by atoms with E-state index in [9.17, 15) is 22.8 Å². The van der Waals surface area contributed by atoms with Gasteiger partial charge in [-0.2, -0.15) is 13.2 Å². The first-order valence-electron chi connectivity index (χ1n) is 7.57. The van der Waals surface area contributed by atoms with Crippen molar-refractivity contribution in [1.82, 2.24) is 20.8 Å². The molecule has 2 aromatic rings. The van der Waals surface area contributed by atoms with Crippen LogP contribution in [0.3, 0.4) is 0 Å². The number of aryl methyl sites for hydroxylation is 2. The van der Waals surface area contributed by atoms with Crippen LogP contribution in [0.1, 0.15) is 11.1 Å². The molecular formula is C15H16F3N5O2S2. The van der Waals surface area contributed by atoms with Gasteiger partial charge in [0.25, 0.3) is 0 Å². The van der Waals surface area contributed by atoms with E-state index < -0.39 is 24.7 Å². The third-order valence-electron chi connectivity index (χ3n) is 3.19. The van der Waals surface area contributed by atoms with Gasteiger partial charge in [0.15, 0.2) is 4.34 Å². The Labute approximate surface area is 161 Å². The molecule has 0 atom stereocenters. The summed E-state index contributed by atoms with van der Waals surface area (Å²) in [5, 5.41) is 14.9. The maximum Gasteiger partial charge on any atom is 0.405 e. The summed E-state index contributed by atoms with van der Waals surface area (Å²) in [6, 6.07) is 4.65. The average molecular weight is 419 g/mol. The Balaban J connectivity index is 1.79. The van der Waals surface area contributed by atoms with Crippen molar-refractivity contribution in [2.45, 2.75) is 24.4 Å². The van der Waals surface area contributed by atoms with Gasteiger partial charge in [-0.25, -0.2) is 4.79 Å². The number of hydrogen-bond acceptors (Lipinski definition) is 7. The molecule has 2 rings (SSSR count). The van der Waals surface area contributed by atoms with Gasteiger partial charge in [-0.3, -0.25) is 10.1 Å². The minimum Gasteiger partial charge on any atom is -0.330 e. The molecule has 0 radical (unpaired) electrons. The standard InChI is InChI=1S/C15H16F3N5O2S2/c1-8-3-4-10(5-9(8)2)20-13-22-23-14(27-13)26-6-11(24)21-12(25)19-7-15(16,17)18/h3-5H,6-7H2,1-2H3,(H,20,22)(H2,19,21,24,25). The highest BCUT2D eigenvalue weighted by Gasteiger charge is 2.28. The molecule has 7 nitrogen and oxygen atoms in total. The molecule has 0 aliphatic heterocycles. The van der Waals surface area contributed by atoms with E-state index in [0.717, 1.165) is 23.0 Å². The van der Waals surface area contributed by atoms with Crippen molar-refractivity contribution in [3.05, 3.63) is 29.3 Å². The van der Waals surface area contributed by atoms with Crippen molar-refractivity contribution < 1.29 is 22.8 Å². The van der Waals surface area contributed by atoms with Crippen molar-refractivity contribution in [2.24, 2.45) is 0 Å². The number of imide groups is 1. The normalized spacial score (nSPS) is 11.1. The van der Waals surface area contributed by atoms with Crippen LogP contribution >= 0.6 is 23.1 Å². The fourth-order valence-electron chi connectivity index (χ4n) is 1.78. The lowest BCUT2D eigenvalue weighted by molar-refractivity contribution is -0.124. The average Bonchev–Trinajstić information content (AvgIpc) is 3.01. The number of hydrogen-bond donors (Lipinski definition) is 3. The van der Waals surface area contributed by atoms with Crippen molar-refractivity contribution in [3.63, 3.8) is 0 Å². The van der Waals surface area contributed by atoms with Crippen LogP contribution in [0.15, 0.2) is 22.5 Å². The monoisotopic (exact) mass is 419 g/mol. The molecule has 0 unspecified atom stereocenters. The van der Waals surface area contributed by atoms with Gasteiger partial charge in [0.2, 0.25) is 11.0 Å². The molecule has 1 heterocycles. The summed E-state index contributed by atoms with van der Waals surface area (Å²) < 4.78 is 36.4. The summed E-state index contributed by atoms with van der Waals surface area (Å²) in [5.74, 6) is -0.920. The number of carbonyl (C=O) groups is 2. The quantitative estimate of drug-likeness (QED) is 0.622. The lowest BCUT2D eigenvalue weighted by atomic mass is 10.1. The Bertz CT molecular complexity index is 826. The molecule has 0 saturated heterocycles. The number of nitrogens with zero attached hydrogens (tertiary/aromatic N) is 2. The predicted molar refractivity (Wildman–Crippen MR) is 97.4 cm³/mol. The first-order valence-corrected chi connectivity index (χ1v) is 9.37. The smallest absolute Gasteiger partial charge is 0.330 e. The summed E-state index contributed by atoms with van der Waals surface area (Å²) in [5.41, 5.74) is 3.14. The van der Waals surface area contributed by atoms with E-state index in [1.807, 2.05) is 37.4 Å². The lowest BCUT2D eigenvalue weighted by Gasteiger charge is -2.08. The number of nitrogens with one attached hydrogen (secondary N) is 3. The summed E-state index contributed by atoms with van der Waals surface area (Å²) in [4.78, 5) is 22.8.